The summed E-state index contributed by atoms with van der Waals surface area (Å²) in [6.45, 7) is 4.45. The van der Waals surface area contributed by atoms with Gasteiger partial charge in [-0.05, 0) is 12.8 Å². The van der Waals surface area contributed by atoms with Gasteiger partial charge < -0.3 is 36.2 Å². The molecule has 2 amide bonds. The third-order valence-corrected chi connectivity index (χ3v) is 3.24. The van der Waals surface area contributed by atoms with E-state index in [9.17, 15) is 14.7 Å². The lowest BCUT2D eigenvalue weighted by atomic mass is 10.0. The van der Waals surface area contributed by atoms with Crippen LogP contribution in [-0.4, -0.2) is 56.2 Å². The zero-order valence-corrected chi connectivity index (χ0v) is 13.6. The van der Waals surface area contributed by atoms with Crippen molar-refractivity contribution in [3.63, 3.8) is 0 Å². The first kappa shape index (κ1) is 19.8. The van der Waals surface area contributed by atoms with Crippen molar-refractivity contribution in [3.05, 3.63) is 11.7 Å². The number of urea groups is 1. The SMILES string of the molecule is CC(C)[C@H](NC(=O)N[C@H](C(=O)O)[C@@H](C)O)c1nc([C@@H](N)CO)no1. The molecule has 0 aliphatic heterocycles. The summed E-state index contributed by atoms with van der Waals surface area (Å²) in [5.41, 5.74) is 5.59. The molecule has 0 bridgehead atoms. The van der Waals surface area contributed by atoms with Crippen molar-refractivity contribution in [1.82, 2.24) is 20.8 Å². The van der Waals surface area contributed by atoms with Crippen molar-refractivity contribution in [2.24, 2.45) is 11.7 Å². The summed E-state index contributed by atoms with van der Waals surface area (Å²) in [6.07, 6.45) is -1.27. The minimum Gasteiger partial charge on any atom is -0.480 e. The monoisotopic (exact) mass is 345 g/mol. The molecule has 11 heteroatoms. The Bertz CT molecular complexity index is 561. The van der Waals surface area contributed by atoms with Crippen LogP contribution in [0.2, 0.25) is 0 Å². The number of carboxylic acid groups (broad SMARTS) is 1. The van der Waals surface area contributed by atoms with Crippen LogP contribution in [0, 0.1) is 5.92 Å². The van der Waals surface area contributed by atoms with Crippen LogP contribution >= 0.6 is 0 Å². The maximum absolute atomic E-state index is 12.0. The summed E-state index contributed by atoms with van der Waals surface area (Å²) in [4.78, 5) is 27.0. The molecule has 0 aliphatic rings. The topological polar surface area (TPSA) is 184 Å². The second-order valence-electron chi connectivity index (χ2n) is 5.68. The molecular formula is C13H23N5O6. The lowest BCUT2D eigenvalue weighted by Crippen LogP contribution is -2.52. The van der Waals surface area contributed by atoms with Gasteiger partial charge >= 0.3 is 12.0 Å². The zero-order chi connectivity index (χ0) is 18.4. The summed E-state index contributed by atoms with van der Waals surface area (Å²) in [7, 11) is 0. The van der Waals surface area contributed by atoms with Crippen molar-refractivity contribution >= 4 is 12.0 Å². The molecule has 11 nitrogen and oxygen atoms in total. The predicted octanol–water partition coefficient (Wildman–Crippen LogP) is -1.11. The van der Waals surface area contributed by atoms with E-state index in [1.165, 1.54) is 6.92 Å². The van der Waals surface area contributed by atoms with E-state index in [-0.39, 0.29) is 24.2 Å². The van der Waals surface area contributed by atoms with Crippen LogP contribution in [0.5, 0.6) is 0 Å². The van der Waals surface area contributed by atoms with Crippen LogP contribution in [-0.2, 0) is 4.79 Å². The summed E-state index contributed by atoms with van der Waals surface area (Å²) < 4.78 is 5.05. The molecule has 0 aromatic carbocycles. The highest BCUT2D eigenvalue weighted by atomic mass is 16.5. The molecule has 136 valence electrons. The number of carboxylic acids is 1. The van der Waals surface area contributed by atoms with Gasteiger partial charge in [0, 0.05) is 0 Å². The number of rotatable bonds is 8. The molecule has 0 unspecified atom stereocenters. The van der Waals surface area contributed by atoms with Crippen LogP contribution in [0.3, 0.4) is 0 Å². The van der Waals surface area contributed by atoms with Gasteiger partial charge in [-0.25, -0.2) is 9.59 Å². The minimum absolute atomic E-state index is 0.0722. The fourth-order valence-electron chi connectivity index (χ4n) is 1.83. The Morgan fingerprint density at radius 1 is 1.29 bits per heavy atom. The molecule has 1 aromatic rings. The van der Waals surface area contributed by atoms with E-state index in [0.717, 1.165) is 0 Å². The lowest BCUT2D eigenvalue weighted by molar-refractivity contribution is -0.141. The first-order chi connectivity index (χ1) is 11.2. The Morgan fingerprint density at radius 2 is 1.92 bits per heavy atom. The van der Waals surface area contributed by atoms with Gasteiger partial charge in [-0.1, -0.05) is 19.0 Å². The third-order valence-electron chi connectivity index (χ3n) is 3.24. The van der Waals surface area contributed by atoms with Crippen LogP contribution in [0.15, 0.2) is 4.52 Å². The molecule has 0 aliphatic carbocycles. The van der Waals surface area contributed by atoms with Crippen LogP contribution in [0.25, 0.3) is 0 Å². The van der Waals surface area contributed by atoms with Crippen molar-refractivity contribution in [2.45, 2.75) is 45.0 Å². The van der Waals surface area contributed by atoms with Crippen molar-refractivity contribution < 1.29 is 29.4 Å². The van der Waals surface area contributed by atoms with Crippen LogP contribution < -0.4 is 16.4 Å². The predicted molar refractivity (Wildman–Crippen MR) is 80.7 cm³/mol. The molecule has 1 heterocycles. The van der Waals surface area contributed by atoms with E-state index >= 15 is 0 Å². The number of carbonyl (C=O) groups excluding carboxylic acids is 1. The first-order valence-corrected chi connectivity index (χ1v) is 7.35. The van der Waals surface area contributed by atoms with E-state index in [1.54, 1.807) is 13.8 Å². The highest BCUT2D eigenvalue weighted by Crippen LogP contribution is 2.21. The zero-order valence-electron chi connectivity index (χ0n) is 13.6. The number of hydrogen-bond donors (Lipinski definition) is 6. The second-order valence-corrected chi connectivity index (χ2v) is 5.68. The van der Waals surface area contributed by atoms with Crippen molar-refractivity contribution in [2.75, 3.05) is 6.61 Å². The Labute approximate surface area is 138 Å². The number of aliphatic carboxylic acids is 1. The molecule has 1 rings (SSSR count). The quantitative estimate of drug-likeness (QED) is 0.340. The molecule has 0 saturated carbocycles. The average molecular weight is 345 g/mol. The van der Waals surface area contributed by atoms with E-state index in [1.807, 2.05) is 0 Å². The Morgan fingerprint density at radius 3 is 2.38 bits per heavy atom. The molecule has 0 radical (unpaired) electrons. The van der Waals surface area contributed by atoms with Gasteiger partial charge in [0.2, 0.25) is 5.89 Å². The van der Waals surface area contributed by atoms with Gasteiger partial charge in [-0.15, -0.1) is 0 Å². The Hall–Kier alpha value is -2.24. The molecule has 7 N–H and O–H groups in total. The maximum atomic E-state index is 12.0. The van der Waals surface area contributed by atoms with Gasteiger partial charge in [0.1, 0.15) is 6.04 Å². The van der Waals surface area contributed by atoms with Gasteiger partial charge in [0.25, 0.3) is 0 Å². The van der Waals surface area contributed by atoms with Gasteiger partial charge in [0.15, 0.2) is 11.9 Å². The second kappa shape index (κ2) is 8.57. The fourth-order valence-corrected chi connectivity index (χ4v) is 1.83. The number of nitrogens with two attached hydrogens (primary N) is 1. The molecule has 0 saturated heterocycles. The Kier molecular flexibility index (Phi) is 7.07. The number of amides is 2. The van der Waals surface area contributed by atoms with Crippen LogP contribution in [0.4, 0.5) is 4.79 Å². The van der Waals surface area contributed by atoms with E-state index < -0.39 is 36.2 Å². The summed E-state index contributed by atoms with van der Waals surface area (Å²) >= 11 is 0. The number of aromatic nitrogens is 2. The van der Waals surface area contributed by atoms with E-state index in [0.29, 0.717) is 0 Å². The molecular weight excluding hydrogens is 322 g/mol. The Balaban J connectivity index is 2.84. The summed E-state index contributed by atoms with van der Waals surface area (Å²) in [6, 6.07) is -3.79. The normalized spacial score (nSPS) is 16.3. The molecule has 0 fully saturated rings. The molecule has 0 spiro atoms. The van der Waals surface area contributed by atoms with Gasteiger partial charge in [0.05, 0.1) is 18.8 Å². The van der Waals surface area contributed by atoms with E-state index in [2.05, 4.69) is 20.8 Å². The fraction of sp³-hybridized carbons (Fsp3) is 0.692. The van der Waals surface area contributed by atoms with E-state index in [4.69, 9.17) is 20.5 Å². The average Bonchev–Trinajstić information content (AvgIpc) is 2.98. The van der Waals surface area contributed by atoms with Crippen molar-refractivity contribution in [3.8, 4) is 0 Å². The van der Waals surface area contributed by atoms with Crippen molar-refractivity contribution in [1.29, 1.82) is 0 Å². The summed E-state index contributed by atoms with van der Waals surface area (Å²) in [5.74, 6) is -1.37. The lowest BCUT2D eigenvalue weighted by Gasteiger charge is -2.22. The highest BCUT2D eigenvalue weighted by molar-refractivity contribution is 5.83. The van der Waals surface area contributed by atoms with Crippen LogP contribution in [0.1, 0.15) is 44.6 Å². The molecule has 24 heavy (non-hydrogen) atoms. The first-order valence-electron chi connectivity index (χ1n) is 7.35. The maximum Gasteiger partial charge on any atom is 0.328 e. The number of nitrogens with zero attached hydrogens (tertiary/aromatic N) is 2. The molecule has 4 atom stereocenters. The molecule has 1 aromatic heterocycles. The number of carbonyl (C=O) groups is 2. The van der Waals surface area contributed by atoms with Gasteiger partial charge in [-0.3, -0.25) is 0 Å². The number of aliphatic hydroxyl groups is 2. The van der Waals surface area contributed by atoms with Gasteiger partial charge in [-0.2, -0.15) is 4.98 Å². The number of nitrogens with one attached hydrogen (secondary N) is 2. The number of hydrogen-bond acceptors (Lipinski definition) is 8. The minimum atomic E-state index is -1.46. The number of aliphatic hydroxyl groups excluding tert-OH is 2. The highest BCUT2D eigenvalue weighted by Gasteiger charge is 2.29. The summed E-state index contributed by atoms with van der Waals surface area (Å²) in [5, 5.41) is 35.6. The third kappa shape index (κ3) is 5.15. The standard InChI is InChI=1S/C13H23N5O6/c1-5(2)8(11-17-10(18-24-11)7(14)4-19)15-13(23)16-9(6(3)20)12(21)22/h5-9,19-20H,4,14H2,1-3H3,(H,21,22)(H2,15,16,23)/t6-,7+,8+,9+/m1/s1. The smallest absolute Gasteiger partial charge is 0.328 e. The largest absolute Gasteiger partial charge is 0.480 e.